The molecule has 4 aromatic carbocycles. The van der Waals surface area contributed by atoms with Crippen molar-refractivity contribution < 1.29 is 95.0 Å². The molecule has 7 saturated carbocycles. The van der Waals surface area contributed by atoms with Gasteiger partial charge in [-0.2, -0.15) is 28.9 Å². The van der Waals surface area contributed by atoms with Crippen LogP contribution in [0.2, 0.25) is 0 Å². The molecular formula is C86H115Br2ClF5N23O15S3. The van der Waals surface area contributed by atoms with Gasteiger partial charge in [-0.15, -0.1) is 12.4 Å². The lowest BCUT2D eigenvalue weighted by Crippen LogP contribution is -2.47. The highest BCUT2D eigenvalue weighted by Gasteiger charge is 2.42. The number of hydrogen-bond donors (Lipinski definition) is 20. The molecule has 0 bridgehead atoms. The van der Waals surface area contributed by atoms with Gasteiger partial charge in [-0.1, -0.05) is 7.43 Å². The Morgan fingerprint density at radius 1 is 0.422 bits per heavy atom. The summed E-state index contributed by atoms with van der Waals surface area (Å²) in [6.45, 7) is 16.1. The van der Waals surface area contributed by atoms with E-state index in [2.05, 4.69) is 82.2 Å². The number of nitriles is 3. The summed E-state index contributed by atoms with van der Waals surface area (Å²) in [5, 5.41) is 68.9. The summed E-state index contributed by atoms with van der Waals surface area (Å²) in [6.07, 6.45) is 12.0. The Kier molecular flexibility index (Phi) is 47.4. The molecule has 0 unspecified atom stereocenters. The predicted octanol–water partition coefficient (Wildman–Crippen LogP) is 12.4. The fourth-order valence-corrected chi connectivity index (χ4v) is 14.4. The maximum atomic E-state index is 14.4. The minimum absolute atomic E-state index is 0. The number of primary amides is 7. The topological polar surface area (TPSA) is 704 Å². The Morgan fingerprint density at radius 3 is 1.01 bits per heavy atom. The second-order valence-corrected chi connectivity index (χ2v) is 37.7. The van der Waals surface area contributed by atoms with E-state index < -0.39 is 118 Å². The van der Waals surface area contributed by atoms with Gasteiger partial charge in [-0.05, 0) is 327 Å². The molecule has 49 heteroatoms. The number of nitrogen functional groups attached to an aromatic ring is 1. The highest BCUT2D eigenvalue weighted by atomic mass is 79.9. The summed E-state index contributed by atoms with van der Waals surface area (Å²) in [6, 6.07) is 16.5. The van der Waals surface area contributed by atoms with Gasteiger partial charge in [0.25, 0.3) is 5.91 Å². The summed E-state index contributed by atoms with van der Waals surface area (Å²) >= 11 is 9.88. The van der Waals surface area contributed by atoms with Crippen LogP contribution in [-0.4, -0.2) is 142 Å². The number of nitrogens with one attached hydrogen (secondary N) is 7. The summed E-state index contributed by atoms with van der Waals surface area (Å²) < 4.78 is 90.2. The third-order valence-electron chi connectivity index (χ3n) is 19.5. The van der Waals surface area contributed by atoms with Gasteiger partial charge in [0.05, 0.1) is 79.9 Å². The van der Waals surface area contributed by atoms with E-state index in [-0.39, 0.29) is 117 Å². The lowest BCUT2D eigenvalue weighted by atomic mass is 10.1. The van der Waals surface area contributed by atoms with Crippen LogP contribution in [-0.2, 0) is 43.0 Å². The van der Waals surface area contributed by atoms with Crippen LogP contribution in [0.4, 0.5) is 75.0 Å². The Bertz CT molecular complexity index is 5280. The normalized spacial score (nSPS) is 15.4. The number of rotatable bonds is 27. The van der Waals surface area contributed by atoms with Crippen molar-refractivity contribution >= 4 is 182 Å². The van der Waals surface area contributed by atoms with E-state index >= 15 is 0 Å². The van der Waals surface area contributed by atoms with Gasteiger partial charge in [0.2, 0.25) is 35.4 Å². The third-order valence-corrected chi connectivity index (χ3v) is 23.1. The monoisotopic (exact) mass is 2090 g/mol. The van der Waals surface area contributed by atoms with Gasteiger partial charge in [0, 0.05) is 8.95 Å². The fourth-order valence-electron chi connectivity index (χ4n) is 11.7. The minimum atomic E-state index is -1.01. The molecule has 7 aliphatic rings. The SMILES string of the molecule is C.CC(C)(C)OC(=O)N[C@@H](C(=O)O)C1CC1.CC(C)(C)OC(=O)N[C@@H](C(N)=O)C1CC1.Cc1cc(N)sn1.Cc1cc(Nc2cc(N[C@@H](C(N)=O)C3CC3)c(F)cc2C#N)sn1.Cc1cc(Nc2cc(N[C@@H](C(N)=O)C3CC3)c(F)cc2C(N)=O)sn1.Cl.N#Cc1cc(F)c(F)cc1Br.N#Cc1cc(F)c(N[C@@H](C(N)=O)C2CC2)cc1Br.NC(=O)[C@H](N)C1CC1.NC(=O)[C@H](N)C1CC1.OO. The highest BCUT2D eigenvalue weighted by molar-refractivity contribution is 9.10. The zero-order chi connectivity index (χ0) is 100.0. The molecule has 0 saturated heterocycles. The number of nitrogens with two attached hydrogens (primary N) is 10. The second kappa shape index (κ2) is 54.6. The number of aryl methyl sites for hydroxylation is 3. The maximum Gasteiger partial charge on any atom is 0.408 e. The highest BCUT2D eigenvalue weighted by Crippen LogP contribution is 2.41. The standard InChI is InChI=1S/C16H18FN5O2S.C16H16FN5OS.C12H11BrFN3O.C10H18N2O3.C10H17NO4.C7H2BrF2N.2C5H10N2O.C4H6N2S.CH4.ClH.H2O2/c1-7-4-13(25-22-7)20-11-6-12(10(17)5-9(11)15(18)23)21-14(16(19)24)8-2-3-8;1-8-4-14(24-22-8)20-12-6-13(11(17)5-10(12)7-18)21-15(16(19)23)9-2-3-9;13-8-4-10(9(14)3-7(8)5-15)17-11(12(16)18)6-1-2-6;1-10(2,3)15-9(14)12-7(8(11)13)6-4-5-6;1-10(2,3)15-9(14)11-7(8(12)13)6-4-5-6;8-5-2-7(10)6(9)1-4(5)3-11;2*6-4(5(7)8)3-1-2-3;1-3-2-4(5)7-6-3;;;1-2/h4-6,8,14,20-21H,2-3H2,1H3,(H2,18,23)(H2,19,24);4-6,9,15,20-21H,2-3H2,1H3,(H2,19,23);3-4,6,11,17H,1-2H2,(H2,16,18);6-7H,4-5H2,1-3H3,(H2,11,13)(H,12,14);6-7H,4-5H2,1-3H3,(H,11,14)(H,12,13);1-2H;2*3-4H,1-2,6H2,(H2,7,8);2H,5H2,1H3;1H4;1H;1-2H/t14-;15-;11-;2*7-;;2*4-;;;;/m11111.11..../s1. The minimum Gasteiger partial charge on any atom is -0.480 e. The number of carbonyl (C=O) groups is 10. The number of carboxylic acids is 1. The molecule has 0 spiro atoms. The van der Waals surface area contributed by atoms with E-state index in [0.717, 1.165) is 147 Å². The number of carbonyl (C=O) groups excluding carboxylic acids is 9. The van der Waals surface area contributed by atoms with Crippen LogP contribution in [0.5, 0.6) is 0 Å². The largest absolute Gasteiger partial charge is 0.480 e. The number of ether oxygens (including phenoxy) is 2. The lowest BCUT2D eigenvalue weighted by Gasteiger charge is -2.22. The van der Waals surface area contributed by atoms with E-state index in [0.29, 0.717) is 32.7 Å². The molecule has 3 aromatic heterocycles. The molecule has 3 heterocycles. The van der Waals surface area contributed by atoms with Crippen LogP contribution >= 0.6 is 78.9 Å². The van der Waals surface area contributed by atoms with Crippen molar-refractivity contribution in [2.45, 2.75) is 213 Å². The van der Waals surface area contributed by atoms with Crippen LogP contribution in [0, 0.1) is 125 Å². The Labute approximate surface area is 811 Å². The fraction of sp³-hybridized carbons (Fsp3) is 0.465. The van der Waals surface area contributed by atoms with Crippen molar-refractivity contribution in [1.29, 1.82) is 15.8 Å². The number of hydrogen-bond acceptors (Lipinski definition) is 31. The van der Waals surface area contributed by atoms with Crippen molar-refractivity contribution in [2.24, 2.45) is 93.0 Å². The zero-order valence-electron chi connectivity index (χ0n) is 74.3. The molecular weight excluding hydrogens is 1980 g/mol. The van der Waals surface area contributed by atoms with Gasteiger partial charge in [0.1, 0.15) is 92.1 Å². The number of aromatic nitrogens is 3. The molecule has 7 fully saturated rings. The number of nitrogens with zero attached hydrogens (tertiary/aromatic N) is 6. The van der Waals surface area contributed by atoms with Gasteiger partial charge in [0.15, 0.2) is 11.6 Å². The first-order chi connectivity index (χ1) is 62.3. The van der Waals surface area contributed by atoms with Crippen LogP contribution in [0.1, 0.15) is 183 Å². The Balaban J connectivity index is 0.000000400. The van der Waals surface area contributed by atoms with E-state index in [1.54, 1.807) is 53.7 Å². The number of anilines is 8. The van der Waals surface area contributed by atoms with E-state index in [1.165, 1.54) is 52.8 Å². The van der Waals surface area contributed by atoms with Gasteiger partial charge in [-0.3, -0.25) is 44.1 Å². The van der Waals surface area contributed by atoms with Crippen LogP contribution in [0.3, 0.4) is 0 Å². The number of benzene rings is 4. The van der Waals surface area contributed by atoms with Crippen molar-refractivity contribution in [3.8, 4) is 18.2 Å². The van der Waals surface area contributed by atoms with Crippen molar-refractivity contribution in [2.75, 3.05) is 32.3 Å². The molecule has 38 nitrogen and oxygen atoms in total. The summed E-state index contributed by atoms with van der Waals surface area (Å²) in [5.74, 6) is -6.86. The van der Waals surface area contributed by atoms with E-state index in [4.69, 9.17) is 93.0 Å². The van der Waals surface area contributed by atoms with Crippen molar-refractivity contribution in [3.05, 3.63) is 144 Å². The molecule has 0 radical (unpaired) electrons. The first kappa shape index (κ1) is 117. The molecule has 7 aromatic rings. The van der Waals surface area contributed by atoms with Gasteiger partial charge in [-0.25, -0.2) is 36.3 Å². The second-order valence-electron chi connectivity index (χ2n) is 33.6. The maximum absolute atomic E-state index is 14.4. The molecule has 135 heavy (non-hydrogen) atoms. The molecule has 7 atom stereocenters. The lowest BCUT2D eigenvalue weighted by molar-refractivity contribution is -0.176. The van der Waals surface area contributed by atoms with Crippen molar-refractivity contribution in [1.82, 2.24) is 23.8 Å². The summed E-state index contributed by atoms with van der Waals surface area (Å²) in [5.41, 5.74) is 55.6. The average Bonchev–Trinajstić information content (AvgIpc) is 1.66. The molecule has 9 amide bonds. The van der Waals surface area contributed by atoms with Crippen molar-refractivity contribution in [3.63, 3.8) is 0 Å². The number of alkyl carbamates (subject to hydrolysis) is 2. The quantitative estimate of drug-likeness (QED) is 0.00984. The third kappa shape index (κ3) is 42.3. The number of carboxylic acid groups (broad SMARTS) is 1. The molecule has 0 aliphatic heterocycles. The van der Waals surface area contributed by atoms with Crippen LogP contribution in [0.15, 0.2) is 75.7 Å². The number of amides is 9. The number of halogens is 8. The van der Waals surface area contributed by atoms with E-state index in [1.807, 2.05) is 45.0 Å². The van der Waals surface area contributed by atoms with Crippen LogP contribution in [0.25, 0.3) is 0 Å². The zero-order valence-corrected chi connectivity index (χ0v) is 80.7. The Hall–Kier alpha value is -11.9. The van der Waals surface area contributed by atoms with Crippen LogP contribution < -0.4 is 94.6 Å². The van der Waals surface area contributed by atoms with Gasteiger partial charge >= 0.3 is 18.2 Å². The molecule has 14 rings (SSSR count). The summed E-state index contributed by atoms with van der Waals surface area (Å²) in [7, 11) is 0. The number of aliphatic carboxylic acids is 1. The van der Waals surface area contributed by atoms with Gasteiger partial charge < -0.3 is 109 Å². The molecule has 7 aliphatic carbocycles. The summed E-state index contributed by atoms with van der Waals surface area (Å²) in [4.78, 5) is 111. The molecule has 738 valence electrons. The smallest absolute Gasteiger partial charge is 0.408 e. The van der Waals surface area contributed by atoms with E-state index in [9.17, 15) is 75.2 Å². The Morgan fingerprint density at radius 2 is 0.719 bits per heavy atom. The average molecular weight is 2100 g/mol. The first-order valence-electron chi connectivity index (χ1n) is 41.2. The first-order valence-corrected chi connectivity index (χ1v) is 45.1. The molecule has 30 N–H and O–H groups in total. The predicted molar refractivity (Wildman–Crippen MR) is 511 cm³/mol.